The van der Waals surface area contributed by atoms with E-state index in [9.17, 15) is 0 Å². The first-order valence-electron chi connectivity index (χ1n) is 6.24. The van der Waals surface area contributed by atoms with Gasteiger partial charge < -0.3 is 10.6 Å². The summed E-state index contributed by atoms with van der Waals surface area (Å²) in [6.07, 6.45) is 0. The molecule has 0 radical (unpaired) electrons. The minimum absolute atomic E-state index is 0.122. The Labute approximate surface area is 104 Å². The van der Waals surface area contributed by atoms with Crippen molar-refractivity contribution in [1.29, 1.82) is 0 Å². The van der Waals surface area contributed by atoms with Gasteiger partial charge in [-0.2, -0.15) is 10.6 Å². The lowest BCUT2D eigenvalue weighted by atomic mass is 10.1. The first-order chi connectivity index (χ1) is 8.83. The summed E-state index contributed by atoms with van der Waals surface area (Å²) in [5.74, 6) is 0. The molecule has 4 aliphatic rings. The molecule has 10 nitrogen and oxygen atoms in total. The van der Waals surface area contributed by atoms with Crippen LogP contribution in [0.2, 0.25) is 0 Å². The second kappa shape index (κ2) is 3.81. The van der Waals surface area contributed by atoms with Gasteiger partial charge in [-0.3, -0.25) is 5.43 Å². The Kier molecular flexibility index (Phi) is 2.32. The first-order valence-corrected chi connectivity index (χ1v) is 6.24. The number of fused-ring (bicyclic) bond motifs is 2. The lowest BCUT2D eigenvalue weighted by Crippen LogP contribution is -2.73. The van der Waals surface area contributed by atoms with Crippen LogP contribution in [0.15, 0.2) is 10.3 Å². The van der Waals surface area contributed by atoms with Gasteiger partial charge in [-0.25, -0.2) is 21.7 Å². The minimum atomic E-state index is -0.327. The van der Waals surface area contributed by atoms with Crippen LogP contribution in [0.25, 0.3) is 0 Å². The van der Waals surface area contributed by atoms with Gasteiger partial charge in [0.15, 0.2) is 5.66 Å². The van der Waals surface area contributed by atoms with Crippen molar-refractivity contribution >= 4 is 0 Å². The zero-order valence-corrected chi connectivity index (χ0v) is 9.88. The van der Waals surface area contributed by atoms with Crippen LogP contribution in [0.1, 0.15) is 0 Å². The molecule has 0 saturated carbocycles. The minimum Gasteiger partial charge on any atom is -0.312 e. The third kappa shape index (κ3) is 1.42. The number of nitrogens with one attached hydrogen (secondary N) is 8. The number of rotatable bonds is 3. The quantitative estimate of drug-likeness (QED) is 0.240. The average molecular weight is 254 g/mol. The molecular formula is C8H18N10. The summed E-state index contributed by atoms with van der Waals surface area (Å²) in [6.45, 7) is 3.36. The fourth-order valence-electron chi connectivity index (χ4n) is 2.93. The zero-order valence-electron chi connectivity index (χ0n) is 9.88. The van der Waals surface area contributed by atoms with Crippen LogP contribution in [0.4, 0.5) is 0 Å². The molecule has 0 spiro atoms. The van der Waals surface area contributed by atoms with Crippen LogP contribution in [-0.2, 0) is 0 Å². The van der Waals surface area contributed by atoms with Crippen molar-refractivity contribution in [2.24, 2.45) is 10.3 Å². The van der Waals surface area contributed by atoms with Crippen molar-refractivity contribution in [1.82, 2.24) is 43.3 Å². The van der Waals surface area contributed by atoms with Gasteiger partial charge >= 0.3 is 0 Å². The van der Waals surface area contributed by atoms with Gasteiger partial charge in [0.1, 0.15) is 11.7 Å². The Morgan fingerprint density at radius 1 is 1.06 bits per heavy atom. The molecule has 0 aromatic carbocycles. The summed E-state index contributed by atoms with van der Waals surface area (Å²) in [5.41, 5.74) is 18.6. The van der Waals surface area contributed by atoms with Gasteiger partial charge in [0, 0.05) is 26.2 Å². The third-order valence-corrected chi connectivity index (χ3v) is 4.14. The molecule has 3 fully saturated rings. The summed E-state index contributed by atoms with van der Waals surface area (Å²) in [4.78, 5) is 0. The van der Waals surface area contributed by atoms with Gasteiger partial charge in [-0.05, 0) is 0 Å². The van der Waals surface area contributed by atoms with E-state index in [2.05, 4.69) is 53.6 Å². The van der Waals surface area contributed by atoms with Gasteiger partial charge in [0.25, 0.3) is 0 Å². The molecule has 100 valence electrons. The predicted octanol–water partition coefficient (Wildman–Crippen LogP) is -4.00. The smallest absolute Gasteiger partial charge is 0.157 e. The van der Waals surface area contributed by atoms with Crippen LogP contribution < -0.4 is 43.3 Å². The number of hydrazine groups is 3. The van der Waals surface area contributed by atoms with Crippen molar-refractivity contribution < 1.29 is 0 Å². The standard InChI is InChI=1S/C8H18N10/c1-5-7(3-9-1,15-17-11-5)13-14-8-4-10-2-6(8)12-18-16-8/h5-6,9-11,13-15,17H,1-4H2,(H,12,16). The third-order valence-electron chi connectivity index (χ3n) is 4.14. The van der Waals surface area contributed by atoms with E-state index in [0.29, 0.717) is 0 Å². The van der Waals surface area contributed by atoms with E-state index in [0.717, 1.165) is 26.2 Å². The van der Waals surface area contributed by atoms with E-state index >= 15 is 0 Å². The topological polar surface area (TPSA) is 121 Å². The molecule has 10 heteroatoms. The molecule has 4 aliphatic heterocycles. The highest BCUT2D eigenvalue weighted by Crippen LogP contribution is 2.21. The van der Waals surface area contributed by atoms with E-state index in [1.807, 2.05) is 0 Å². The van der Waals surface area contributed by atoms with Crippen molar-refractivity contribution in [3.05, 3.63) is 0 Å². The molecule has 0 aromatic rings. The van der Waals surface area contributed by atoms with E-state index in [1.54, 1.807) is 0 Å². The number of hydrogen-bond donors (Lipinski definition) is 8. The van der Waals surface area contributed by atoms with E-state index in [4.69, 9.17) is 0 Å². The van der Waals surface area contributed by atoms with Crippen LogP contribution in [0, 0.1) is 0 Å². The maximum atomic E-state index is 4.18. The monoisotopic (exact) mass is 254 g/mol. The molecule has 4 unspecified atom stereocenters. The Bertz CT molecular complexity index is 356. The largest absolute Gasteiger partial charge is 0.312 e. The van der Waals surface area contributed by atoms with Crippen LogP contribution in [0.5, 0.6) is 0 Å². The molecule has 18 heavy (non-hydrogen) atoms. The zero-order chi connectivity index (χ0) is 12.1. The van der Waals surface area contributed by atoms with Crippen LogP contribution in [0.3, 0.4) is 0 Å². The Morgan fingerprint density at radius 2 is 1.89 bits per heavy atom. The maximum Gasteiger partial charge on any atom is 0.157 e. The molecule has 4 heterocycles. The van der Waals surface area contributed by atoms with Crippen molar-refractivity contribution in [2.45, 2.75) is 23.4 Å². The van der Waals surface area contributed by atoms with E-state index in [1.165, 1.54) is 0 Å². The fraction of sp³-hybridized carbons (Fsp3) is 1.00. The Balaban J connectivity index is 1.47. The van der Waals surface area contributed by atoms with Gasteiger partial charge in [0.2, 0.25) is 0 Å². The maximum absolute atomic E-state index is 4.18. The van der Waals surface area contributed by atoms with Crippen molar-refractivity contribution in [3.63, 3.8) is 0 Å². The predicted molar refractivity (Wildman–Crippen MR) is 62.4 cm³/mol. The second-order valence-corrected chi connectivity index (χ2v) is 5.24. The summed E-state index contributed by atoms with van der Waals surface area (Å²) in [7, 11) is 0. The summed E-state index contributed by atoms with van der Waals surface area (Å²) >= 11 is 0. The molecule has 0 amide bonds. The SMILES string of the molecule is C1NCC2(NNC34CNCC3NNN4)NN=NC12. The lowest BCUT2D eigenvalue weighted by molar-refractivity contribution is 0.172. The molecule has 4 atom stereocenters. The van der Waals surface area contributed by atoms with Gasteiger partial charge in [-0.1, -0.05) is 5.22 Å². The average Bonchev–Trinajstić information content (AvgIpc) is 3.05. The van der Waals surface area contributed by atoms with E-state index < -0.39 is 0 Å². The van der Waals surface area contributed by atoms with Crippen LogP contribution in [-0.4, -0.2) is 49.6 Å². The molecule has 3 saturated heterocycles. The summed E-state index contributed by atoms with van der Waals surface area (Å²) in [5, 5.41) is 14.8. The molecule has 0 aliphatic carbocycles. The van der Waals surface area contributed by atoms with Gasteiger partial charge in [0.05, 0.1) is 6.04 Å². The molecule has 0 bridgehead atoms. The van der Waals surface area contributed by atoms with Gasteiger partial charge in [-0.15, -0.1) is 0 Å². The highest BCUT2D eigenvalue weighted by molar-refractivity contribution is 5.09. The molecule has 4 rings (SSSR count). The van der Waals surface area contributed by atoms with Crippen LogP contribution >= 0.6 is 0 Å². The molecule has 0 aromatic heterocycles. The number of hydrogen-bond acceptors (Lipinski definition) is 10. The normalized spacial score (nSPS) is 49.3. The lowest BCUT2D eigenvalue weighted by Gasteiger charge is -2.35. The highest BCUT2D eigenvalue weighted by Gasteiger charge is 2.51. The summed E-state index contributed by atoms with van der Waals surface area (Å²) < 4.78 is 0. The fourth-order valence-corrected chi connectivity index (χ4v) is 2.93. The highest BCUT2D eigenvalue weighted by atomic mass is 15.8. The molecular weight excluding hydrogens is 236 g/mol. The number of nitrogens with zero attached hydrogens (tertiary/aromatic N) is 2. The Hall–Kier alpha value is -0.880. The Morgan fingerprint density at radius 3 is 2.89 bits per heavy atom. The first kappa shape index (κ1) is 11.0. The second-order valence-electron chi connectivity index (χ2n) is 5.24. The van der Waals surface area contributed by atoms with Crippen molar-refractivity contribution in [2.75, 3.05) is 26.2 Å². The van der Waals surface area contributed by atoms with Crippen molar-refractivity contribution in [3.8, 4) is 0 Å². The summed E-state index contributed by atoms with van der Waals surface area (Å²) in [6, 6.07) is 0.404. The van der Waals surface area contributed by atoms with E-state index in [-0.39, 0.29) is 23.4 Å². The molecule has 8 N–H and O–H groups in total.